The van der Waals surface area contributed by atoms with Gasteiger partial charge in [0.2, 0.25) is 5.88 Å². The van der Waals surface area contributed by atoms with Gasteiger partial charge in [0.15, 0.2) is 11.6 Å². The molecule has 1 amide bonds. The van der Waals surface area contributed by atoms with Crippen LogP contribution in [-0.4, -0.2) is 47.0 Å². The molecule has 0 bridgehead atoms. The number of ether oxygens (including phenoxy) is 3. The number of rotatable bonds is 10. The third-order valence-corrected chi connectivity index (χ3v) is 6.88. The van der Waals surface area contributed by atoms with Crippen LogP contribution in [-0.2, 0) is 17.7 Å². The molecule has 1 aromatic heterocycles. The van der Waals surface area contributed by atoms with Crippen LogP contribution in [0.1, 0.15) is 41.4 Å². The minimum Gasteiger partial charge on any atom is -0.497 e. The first-order valence-electron chi connectivity index (χ1n) is 13.3. The first-order valence-corrected chi connectivity index (χ1v) is 13.3. The van der Waals surface area contributed by atoms with E-state index in [1.165, 1.54) is 6.07 Å². The van der Waals surface area contributed by atoms with Gasteiger partial charge in [0.1, 0.15) is 11.6 Å². The molecule has 0 radical (unpaired) electrons. The molecule has 1 atom stereocenters. The van der Waals surface area contributed by atoms with Gasteiger partial charge in [-0.15, -0.1) is 0 Å². The van der Waals surface area contributed by atoms with Crippen molar-refractivity contribution in [2.24, 2.45) is 0 Å². The Morgan fingerprint density at radius 2 is 1.88 bits per heavy atom. The van der Waals surface area contributed by atoms with Crippen molar-refractivity contribution in [1.29, 1.82) is 0 Å². The molecular formula is C31H31F2N3O4. The van der Waals surface area contributed by atoms with Crippen molar-refractivity contribution in [3.05, 3.63) is 101 Å². The van der Waals surface area contributed by atoms with Crippen molar-refractivity contribution in [3.63, 3.8) is 0 Å². The molecule has 7 nitrogen and oxygen atoms in total. The first-order chi connectivity index (χ1) is 19.5. The molecule has 1 fully saturated rings. The van der Waals surface area contributed by atoms with Crippen LogP contribution in [0.2, 0.25) is 0 Å². The van der Waals surface area contributed by atoms with Crippen LogP contribution in [0.3, 0.4) is 0 Å². The molecule has 1 unspecified atom stereocenters. The SMILES string of the molecule is CCc1nn(-c2ccc(OC)cc2)c(Oc2ccc(F)cc2F)c1CN(CC1CCCO1)C(=O)c1ccccc1. The molecule has 0 saturated carbocycles. The van der Waals surface area contributed by atoms with E-state index in [1.807, 2.05) is 37.3 Å². The summed E-state index contributed by atoms with van der Waals surface area (Å²) in [6, 6.07) is 19.4. The van der Waals surface area contributed by atoms with Crippen molar-refractivity contribution >= 4 is 5.91 Å². The normalized spacial score (nSPS) is 14.8. The maximum absolute atomic E-state index is 14.8. The third kappa shape index (κ3) is 5.99. The van der Waals surface area contributed by atoms with E-state index >= 15 is 0 Å². The Morgan fingerprint density at radius 1 is 1.10 bits per heavy atom. The van der Waals surface area contributed by atoms with Gasteiger partial charge in [-0.25, -0.2) is 13.5 Å². The van der Waals surface area contributed by atoms with Crippen molar-refractivity contribution in [2.75, 3.05) is 20.3 Å². The molecule has 1 aliphatic heterocycles. The highest BCUT2D eigenvalue weighted by atomic mass is 19.1. The first kappa shape index (κ1) is 27.3. The van der Waals surface area contributed by atoms with E-state index in [0.717, 1.165) is 25.0 Å². The van der Waals surface area contributed by atoms with E-state index in [-0.39, 0.29) is 30.2 Å². The summed E-state index contributed by atoms with van der Waals surface area (Å²) in [5.74, 6) is -0.961. The predicted octanol–water partition coefficient (Wildman–Crippen LogP) is 6.34. The van der Waals surface area contributed by atoms with Gasteiger partial charge in [-0.3, -0.25) is 4.79 Å². The van der Waals surface area contributed by atoms with Gasteiger partial charge >= 0.3 is 0 Å². The molecule has 208 valence electrons. The summed E-state index contributed by atoms with van der Waals surface area (Å²) in [5.41, 5.74) is 2.52. The Bertz CT molecular complexity index is 1450. The second kappa shape index (κ2) is 12.3. The van der Waals surface area contributed by atoms with Crippen molar-refractivity contribution in [2.45, 2.75) is 38.8 Å². The summed E-state index contributed by atoms with van der Waals surface area (Å²) in [6.07, 6.45) is 2.24. The van der Waals surface area contributed by atoms with E-state index in [0.29, 0.717) is 47.8 Å². The van der Waals surface area contributed by atoms with Crippen LogP contribution < -0.4 is 9.47 Å². The maximum atomic E-state index is 14.8. The number of hydrogen-bond acceptors (Lipinski definition) is 5. The average Bonchev–Trinajstić information content (AvgIpc) is 3.62. The fourth-order valence-electron chi connectivity index (χ4n) is 4.79. The fraction of sp³-hybridized carbons (Fsp3) is 0.290. The number of aryl methyl sites for hydroxylation is 1. The molecule has 3 aromatic carbocycles. The zero-order valence-electron chi connectivity index (χ0n) is 22.5. The van der Waals surface area contributed by atoms with Crippen LogP contribution in [0.25, 0.3) is 5.69 Å². The summed E-state index contributed by atoms with van der Waals surface area (Å²) >= 11 is 0. The van der Waals surface area contributed by atoms with E-state index < -0.39 is 11.6 Å². The van der Waals surface area contributed by atoms with E-state index in [4.69, 9.17) is 19.3 Å². The molecule has 0 spiro atoms. The lowest BCUT2D eigenvalue weighted by atomic mass is 10.1. The number of carbonyl (C=O) groups excluding carboxylic acids is 1. The van der Waals surface area contributed by atoms with Crippen LogP contribution in [0.5, 0.6) is 17.4 Å². The number of methoxy groups -OCH3 is 1. The number of benzene rings is 3. The second-order valence-electron chi connectivity index (χ2n) is 9.56. The van der Waals surface area contributed by atoms with Crippen LogP contribution in [0.4, 0.5) is 8.78 Å². The fourth-order valence-corrected chi connectivity index (χ4v) is 4.79. The smallest absolute Gasteiger partial charge is 0.254 e. The quantitative estimate of drug-likeness (QED) is 0.232. The molecule has 0 N–H and O–H groups in total. The highest BCUT2D eigenvalue weighted by molar-refractivity contribution is 5.94. The average molecular weight is 548 g/mol. The summed E-state index contributed by atoms with van der Waals surface area (Å²) in [5, 5.41) is 4.80. The standard InChI is InChI=1S/C31H31F2N3O4/c1-3-28-26(20-35(19-25-10-7-17-39-25)30(37)21-8-5-4-6-9-21)31(40-29-16-11-22(32)18-27(29)33)36(34-28)23-12-14-24(38-2)15-13-23/h4-6,8-9,11-16,18,25H,3,7,10,17,19-20H2,1-2H3. The largest absolute Gasteiger partial charge is 0.497 e. The van der Waals surface area contributed by atoms with Gasteiger partial charge in [0.05, 0.1) is 36.7 Å². The van der Waals surface area contributed by atoms with Crippen molar-refractivity contribution < 1.29 is 27.8 Å². The topological polar surface area (TPSA) is 65.8 Å². The Morgan fingerprint density at radius 3 is 2.52 bits per heavy atom. The number of nitrogens with zero attached hydrogens (tertiary/aromatic N) is 3. The zero-order valence-corrected chi connectivity index (χ0v) is 22.5. The molecule has 9 heteroatoms. The lowest BCUT2D eigenvalue weighted by Gasteiger charge is -2.26. The van der Waals surface area contributed by atoms with Crippen molar-refractivity contribution in [1.82, 2.24) is 14.7 Å². The number of amides is 1. The molecule has 4 aromatic rings. The Balaban J connectivity index is 1.60. The zero-order chi connectivity index (χ0) is 28.1. The Labute approximate surface area is 231 Å². The number of aromatic nitrogens is 2. The maximum Gasteiger partial charge on any atom is 0.254 e. The summed E-state index contributed by atoms with van der Waals surface area (Å²) < 4.78 is 47.3. The molecule has 0 aliphatic carbocycles. The Kier molecular flexibility index (Phi) is 8.40. The van der Waals surface area contributed by atoms with Gasteiger partial charge in [0.25, 0.3) is 5.91 Å². The van der Waals surface area contributed by atoms with Gasteiger partial charge in [-0.05, 0) is 67.8 Å². The van der Waals surface area contributed by atoms with Crippen molar-refractivity contribution in [3.8, 4) is 23.1 Å². The van der Waals surface area contributed by atoms with Gasteiger partial charge in [-0.2, -0.15) is 5.10 Å². The van der Waals surface area contributed by atoms with Crippen LogP contribution >= 0.6 is 0 Å². The lowest BCUT2D eigenvalue weighted by Crippen LogP contribution is -2.37. The summed E-state index contributed by atoms with van der Waals surface area (Å²) in [7, 11) is 1.58. The van der Waals surface area contributed by atoms with Gasteiger partial charge in [-0.1, -0.05) is 25.1 Å². The molecule has 1 saturated heterocycles. The van der Waals surface area contributed by atoms with Crippen LogP contribution in [0.15, 0.2) is 72.8 Å². The highest BCUT2D eigenvalue weighted by Crippen LogP contribution is 2.34. The minimum atomic E-state index is -0.844. The molecule has 1 aliphatic rings. The van der Waals surface area contributed by atoms with Gasteiger partial charge in [0, 0.05) is 24.8 Å². The molecular weight excluding hydrogens is 516 g/mol. The number of halogens is 2. The second-order valence-corrected chi connectivity index (χ2v) is 9.56. The lowest BCUT2D eigenvalue weighted by molar-refractivity contribution is 0.0505. The minimum absolute atomic E-state index is 0.0896. The predicted molar refractivity (Wildman–Crippen MR) is 146 cm³/mol. The van der Waals surface area contributed by atoms with E-state index in [1.54, 1.807) is 41.0 Å². The monoisotopic (exact) mass is 547 g/mol. The van der Waals surface area contributed by atoms with Crippen LogP contribution in [0, 0.1) is 11.6 Å². The summed E-state index contributed by atoms with van der Waals surface area (Å²) in [4.78, 5) is 15.5. The molecule has 40 heavy (non-hydrogen) atoms. The molecule has 5 rings (SSSR count). The van der Waals surface area contributed by atoms with E-state index in [9.17, 15) is 13.6 Å². The Hall–Kier alpha value is -4.24. The van der Waals surface area contributed by atoms with E-state index in [2.05, 4.69) is 0 Å². The third-order valence-electron chi connectivity index (χ3n) is 6.88. The highest BCUT2D eigenvalue weighted by Gasteiger charge is 2.29. The number of carbonyl (C=O) groups is 1. The number of hydrogen-bond donors (Lipinski definition) is 0. The molecule has 2 heterocycles. The van der Waals surface area contributed by atoms with Gasteiger partial charge < -0.3 is 19.1 Å². The summed E-state index contributed by atoms with van der Waals surface area (Å²) in [6.45, 7) is 3.15.